The average Bonchev–Trinajstić information content (AvgIpc) is 2.66. The molecule has 3 aromatic rings. The van der Waals surface area contributed by atoms with Crippen molar-refractivity contribution in [3.63, 3.8) is 0 Å². The van der Waals surface area contributed by atoms with Gasteiger partial charge in [-0.05, 0) is 64.4 Å². The lowest BCUT2D eigenvalue weighted by molar-refractivity contribution is 0.0955. The van der Waals surface area contributed by atoms with Crippen molar-refractivity contribution in [2.75, 3.05) is 0 Å². The lowest BCUT2D eigenvalue weighted by atomic mass is 10.0. The molecule has 0 unspecified atom stereocenters. The Labute approximate surface area is 160 Å². The summed E-state index contributed by atoms with van der Waals surface area (Å²) in [5.74, 6) is -0.209. The number of rotatable bonds is 4. The number of amides is 1. The molecule has 0 aliphatic carbocycles. The van der Waals surface area contributed by atoms with Crippen molar-refractivity contribution in [3.05, 3.63) is 93.6 Å². The average molecular weight is 440 g/mol. The Balaban J connectivity index is 1.71. The Morgan fingerprint density at radius 1 is 0.840 bits per heavy atom. The first-order chi connectivity index (χ1) is 12.1. The number of nitrogens with zero attached hydrogens (tertiary/aromatic N) is 1. The molecule has 0 aromatic heterocycles. The van der Waals surface area contributed by atoms with Gasteiger partial charge in [-0.15, -0.1) is 0 Å². The third-order valence-corrected chi connectivity index (χ3v) is 4.49. The molecule has 0 aliphatic rings. The van der Waals surface area contributed by atoms with Crippen molar-refractivity contribution >= 4 is 34.2 Å². The van der Waals surface area contributed by atoms with E-state index in [4.69, 9.17) is 0 Å². The van der Waals surface area contributed by atoms with Crippen molar-refractivity contribution in [1.29, 1.82) is 0 Å². The van der Waals surface area contributed by atoms with Crippen LogP contribution >= 0.6 is 22.6 Å². The molecule has 3 nitrogen and oxygen atoms in total. The van der Waals surface area contributed by atoms with Crippen molar-refractivity contribution in [1.82, 2.24) is 5.43 Å². The van der Waals surface area contributed by atoms with Crippen LogP contribution in [0.25, 0.3) is 11.1 Å². The van der Waals surface area contributed by atoms with E-state index in [1.54, 1.807) is 6.07 Å². The summed E-state index contributed by atoms with van der Waals surface area (Å²) in [6, 6.07) is 25.8. The second kappa shape index (κ2) is 8.07. The first kappa shape index (κ1) is 17.4. The predicted octanol–water partition coefficient (Wildman–Crippen LogP) is 5.11. The summed E-state index contributed by atoms with van der Waals surface area (Å²) in [5.41, 5.74) is 7.28. The first-order valence-electron chi connectivity index (χ1n) is 7.89. The van der Waals surface area contributed by atoms with Gasteiger partial charge < -0.3 is 0 Å². The number of hydrazone groups is 1. The standard InChI is InChI=1S/C21H17IN2O/c1-15(23-24-21(25)19-8-5-9-20(22)14-19)16-10-12-18(13-11-16)17-6-3-2-4-7-17/h2-14H,1H3,(H,24,25)/b23-15+. The Morgan fingerprint density at radius 2 is 1.52 bits per heavy atom. The van der Waals surface area contributed by atoms with E-state index in [1.165, 1.54) is 5.56 Å². The van der Waals surface area contributed by atoms with Gasteiger partial charge in [0.05, 0.1) is 5.71 Å². The minimum Gasteiger partial charge on any atom is -0.267 e. The fraction of sp³-hybridized carbons (Fsp3) is 0.0476. The maximum atomic E-state index is 12.2. The van der Waals surface area contributed by atoms with Gasteiger partial charge in [-0.3, -0.25) is 4.79 Å². The number of hydrogen-bond donors (Lipinski definition) is 1. The lowest BCUT2D eigenvalue weighted by Crippen LogP contribution is -2.19. The zero-order chi connectivity index (χ0) is 17.6. The molecule has 124 valence electrons. The monoisotopic (exact) mass is 440 g/mol. The highest BCUT2D eigenvalue weighted by atomic mass is 127. The summed E-state index contributed by atoms with van der Waals surface area (Å²) in [6.07, 6.45) is 0. The van der Waals surface area contributed by atoms with Gasteiger partial charge in [0.2, 0.25) is 0 Å². The van der Waals surface area contributed by atoms with Crippen LogP contribution in [0, 0.1) is 3.57 Å². The van der Waals surface area contributed by atoms with E-state index in [0.717, 1.165) is 20.4 Å². The van der Waals surface area contributed by atoms with Crippen LogP contribution < -0.4 is 5.43 Å². The van der Waals surface area contributed by atoms with Crippen LogP contribution in [0.3, 0.4) is 0 Å². The summed E-state index contributed by atoms with van der Waals surface area (Å²) in [7, 11) is 0. The largest absolute Gasteiger partial charge is 0.271 e. The van der Waals surface area contributed by atoms with Gasteiger partial charge in [-0.2, -0.15) is 5.10 Å². The molecule has 0 aliphatic heterocycles. The molecule has 4 heteroatoms. The van der Waals surface area contributed by atoms with Crippen LogP contribution in [0.4, 0.5) is 0 Å². The zero-order valence-electron chi connectivity index (χ0n) is 13.7. The maximum Gasteiger partial charge on any atom is 0.271 e. The molecule has 1 N–H and O–H groups in total. The van der Waals surface area contributed by atoms with Gasteiger partial charge in [0.25, 0.3) is 5.91 Å². The van der Waals surface area contributed by atoms with Crippen molar-refractivity contribution in [2.24, 2.45) is 5.10 Å². The number of carbonyl (C=O) groups is 1. The van der Waals surface area contributed by atoms with Gasteiger partial charge in [-0.1, -0.05) is 60.7 Å². The predicted molar refractivity (Wildman–Crippen MR) is 111 cm³/mol. The van der Waals surface area contributed by atoms with Crippen LogP contribution in [-0.2, 0) is 0 Å². The molecular formula is C21H17IN2O. The number of halogens is 1. The highest BCUT2D eigenvalue weighted by molar-refractivity contribution is 14.1. The molecule has 25 heavy (non-hydrogen) atoms. The van der Waals surface area contributed by atoms with E-state index >= 15 is 0 Å². The van der Waals surface area contributed by atoms with Crippen LogP contribution in [0.1, 0.15) is 22.8 Å². The van der Waals surface area contributed by atoms with Gasteiger partial charge in [0, 0.05) is 9.13 Å². The topological polar surface area (TPSA) is 41.5 Å². The van der Waals surface area contributed by atoms with E-state index in [0.29, 0.717) is 5.56 Å². The van der Waals surface area contributed by atoms with Crippen LogP contribution in [0.15, 0.2) is 84.0 Å². The molecule has 0 saturated heterocycles. The molecule has 0 radical (unpaired) electrons. The van der Waals surface area contributed by atoms with Crippen LogP contribution in [0.2, 0.25) is 0 Å². The molecular weight excluding hydrogens is 423 g/mol. The molecule has 0 saturated carbocycles. The smallest absolute Gasteiger partial charge is 0.267 e. The second-order valence-electron chi connectivity index (χ2n) is 5.59. The maximum absolute atomic E-state index is 12.2. The molecule has 0 heterocycles. The van der Waals surface area contributed by atoms with Gasteiger partial charge in [0.1, 0.15) is 0 Å². The number of benzene rings is 3. The SMILES string of the molecule is C/C(=N\NC(=O)c1cccc(I)c1)c1ccc(-c2ccccc2)cc1. The second-order valence-corrected chi connectivity index (χ2v) is 6.84. The Kier molecular flexibility index (Phi) is 5.60. The molecule has 3 rings (SSSR count). The Bertz CT molecular complexity index is 903. The minimum absolute atomic E-state index is 0.209. The van der Waals surface area contributed by atoms with Crippen LogP contribution in [0.5, 0.6) is 0 Å². The lowest BCUT2D eigenvalue weighted by Gasteiger charge is -2.05. The number of hydrogen-bond acceptors (Lipinski definition) is 2. The third-order valence-electron chi connectivity index (χ3n) is 3.82. The highest BCUT2D eigenvalue weighted by Gasteiger charge is 2.05. The third kappa shape index (κ3) is 4.54. The van der Waals surface area contributed by atoms with Gasteiger partial charge >= 0.3 is 0 Å². The van der Waals surface area contributed by atoms with Gasteiger partial charge in [0.15, 0.2) is 0 Å². The van der Waals surface area contributed by atoms with E-state index in [9.17, 15) is 4.79 Å². The van der Waals surface area contributed by atoms with Crippen LogP contribution in [-0.4, -0.2) is 11.6 Å². The fourth-order valence-corrected chi connectivity index (χ4v) is 2.97. The van der Waals surface area contributed by atoms with Crippen molar-refractivity contribution in [3.8, 4) is 11.1 Å². The molecule has 0 fully saturated rings. The molecule has 3 aromatic carbocycles. The molecule has 0 bridgehead atoms. The van der Waals surface area contributed by atoms with E-state index in [1.807, 2.05) is 55.5 Å². The van der Waals surface area contributed by atoms with Crippen molar-refractivity contribution < 1.29 is 4.79 Å². The van der Waals surface area contributed by atoms with E-state index < -0.39 is 0 Å². The van der Waals surface area contributed by atoms with Crippen molar-refractivity contribution in [2.45, 2.75) is 6.92 Å². The van der Waals surface area contributed by atoms with E-state index in [-0.39, 0.29) is 5.91 Å². The molecule has 1 amide bonds. The quantitative estimate of drug-likeness (QED) is 0.342. The summed E-state index contributed by atoms with van der Waals surface area (Å²) in [6.45, 7) is 1.88. The number of nitrogens with one attached hydrogen (secondary N) is 1. The summed E-state index contributed by atoms with van der Waals surface area (Å²) < 4.78 is 1.02. The van der Waals surface area contributed by atoms with E-state index in [2.05, 4.69) is 57.4 Å². The Morgan fingerprint density at radius 3 is 2.20 bits per heavy atom. The summed E-state index contributed by atoms with van der Waals surface area (Å²) >= 11 is 2.18. The number of carbonyl (C=O) groups excluding carboxylic acids is 1. The summed E-state index contributed by atoms with van der Waals surface area (Å²) in [4.78, 5) is 12.2. The Hall–Kier alpha value is -2.47. The molecule has 0 atom stereocenters. The normalized spacial score (nSPS) is 11.2. The fourth-order valence-electron chi connectivity index (χ4n) is 2.43. The minimum atomic E-state index is -0.209. The zero-order valence-corrected chi connectivity index (χ0v) is 15.9. The summed E-state index contributed by atoms with van der Waals surface area (Å²) in [5, 5.41) is 4.22. The van der Waals surface area contributed by atoms with Gasteiger partial charge in [-0.25, -0.2) is 5.43 Å². The molecule has 0 spiro atoms. The highest BCUT2D eigenvalue weighted by Crippen LogP contribution is 2.19. The first-order valence-corrected chi connectivity index (χ1v) is 8.97.